The smallest absolute Gasteiger partial charge is 0.181 e. The van der Waals surface area contributed by atoms with E-state index in [0.29, 0.717) is 6.04 Å². The molecule has 0 aliphatic heterocycles. The van der Waals surface area contributed by atoms with Gasteiger partial charge in [-0.1, -0.05) is 19.1 Å². The van der Waals surface area contributed by atoms with Crippen molar-refractivity contribution in [1.82, 2.24) is 14.8 Å². The quantitative estimate of drug-likeness (QED) is 0.808. The molecule has 0 spiro atoms. The Balaban J connectivity index is 2.31. The van der Waals surface area contributed by atoms with Gasteiger partial charge in [-0.2, -0.15) is 5.10 Å². The van der Waals surface area contributed by atoms with Crippen molar-refractivity contribution in [3.05, 3.63) is 34.2 Å². The van der Waals surface area contributed by atoms with Crippen LogP contribution in [-0.2, 0) is 0 Å². The third-order valence-electron chi connectivity index (χ3n) is 2.63. The van der Waals surface area contributed by atoms with Crippen LogP contribution < -0.4 is 0 Å². The Morgan fingerprint density at radius 2 is 2.25 bits per heavy atom. The molecule has 2 aromatic rings. The van der Waals surface area contributed by atoms with E-state index in [4.69, 9.17) is 0 Å². The first kappa shape index (κ1) is 11.6. The fourth-order valence-corrected chi connectivity index (χ4v) is 1.98. The highest BCUT2D eigenvalue weighted by molar-refractivity contribution is 14.1. The van der Waals surface area contributed by atoms with E-state index in [-0.39, 0.29) is 0 Å². The van der Waals surface area contributed by atoms with Gasteiger partial charge in [-0.05, 0) is 48.1 Å². The van der Waals surface area contributed by atoms with Crippen LogP contribution in [0.15, 0.2) is 30.6 Å². The van der Waals surface area contributed by atoms with Crippen molar-refractivity contribution in [3.63, 3.8) is 0 Å². The number of hydrogen-bond acceptors (Lipinski definition) is 2. The SMILES string of the molecule is CCC(C)n1cnc(-c2cccc(I)c2)n1. The second kappa shape index (κ2) is 4.95. The Morgan fingerprint density at radius 1 is 1.44 bits per heavy atom. The van der Waals surface area contributed by atoms with Crippen LogP contribution in [0.1, 0.15) is 26.3 Å². The summed E-state index contributed by atoms with van der Waals surface area (Å²) in [5.74, 6) is 0.804. The van der Waals surface area contributed by atoms with Gasteiger partial charge in [-0.15, -0.1) is 0 Å². The monoisotopic (exact) mass is 327 g/mol. The largest absolute Gasteiger partial charge is 0.250 e. The molecular formula is C12H14IN3. The zero-order valence-electron chi connectivity index (χ0n) is 9.39. The van der Waals surface area contributed by atoms with E-state index in [1.54, 1.807) is 0 Å². The second-order valence-electron chi connectivity index (χ2n) is 3.82. The summed E-state index contributed by atoms with van der Waals surface area (Å²) >= 11 is 2.30. The van der Waals surface area contributed by atoms with E-state index in [0.717, 1.165) is 17.8 Å². The lowest BCUT2D eigenvalue weighted by atomic mass is 10.2. The van der Waals surface area contributed by atoms with Crippen LogP contribution in [0.4, 0.5) is 0 Å². The van der Waals surface area contributed by atoms with Gasteiger partial charge in [0.05, 0.1) is 6.04 Å². The molecule has 3 nitrogen and oxygen atoms in total. The Hall–Kier alpha value is -0.910. The molecule has 4 heteroatoms. The minimum atomic E-state index is 0.407. The normalized spacial score (nSPS) is 12.7. The topological polar surface area (TPSA) is 30.7 Å². The third-order valence-corrected chi connectivity index (χ3v) is 3.30. The van der Waals surface area contributed by atoms with Crippen LogP contribution in [0.25, 0.3) is 11.4 Å². The molecule has 1 aromatic heterocycles. The van der Waals surface area contributed by atoms with Crippen LogP contribution in [0.2, 0.25) is 0 Å². The summed E-state index contributed by atoms with van der Waals surface area (Å²) < 4.78 is 3.13. The molecule has 16 heavy (non-hydrogen) atoms. The molecule has 1 atom stereocenters. The summed E-state index contributed by atoms with van der Waals surface area (Å²) in [5.41, 5.74) is 1.08. The van der Waals surface area contributed by atoms with Gasteiger partial charge in [0.25, 0.3) is 0 Å². The Labute approximate surface area is 109 Å². The standard InChI is InChI=1S/C12H14IN3/c1-3-9(2)16-8-14-12(15-16)10-5-4-6-11(13)7-10/h4-9H,3H2,1-2H3. The van der Waals surface area contributed by atoms with E-state index in [1.165, 1.54) is 3.57 Å². The fourth-order valence-electron chi connectivity index (χ4n) is 1.43. The average Bonchev–Trinajstić information content (AvgIpc) is 2.77. The molecular weight excluding hydrogens is 313 g/mol. The highest BCUT2D eigenvalue weighted by Gasteiger charge is 2.07. The zero-order chi connectivity index (χ0) is 11.5. The van der Waals surface area contributed by atoms with Crippen LogP contribution >= 0.6 is 22.6 Å². The van der Waals surface area contributed by atoms with Crippen molar-refractivity contribution in [1.29, 1.82) is 0 Å². The molecule has 1 unspecified atom stereocenters. The molecule has 84 valence electrons. The molecule has 0 aliphatic rings. The molecule has 0 N–H and O–H groups in total. The number of halogens is 1. The third kappa shape index (κ3) is 2.42. The molecule has 0 fully saturated rings. The number of benzene rings is 1. The lowest BCUT2D eigenvalue weighted by Crippen LogP contribution is -2.04. The highest BCUT2D eigenvalue weighted by atomic mass is 127. The number of aromatic nitrogens is 3. The fraction of sp³-hybridized carbons (Fsp3) is 0.333. The van der Waals surface area contributed by atoms with E-state index < -0.39 is 0 Å². The van der Waals surface area contributed by atoms with Crippen molar-refractivity contribution in [2.45, 2.75) is 26.3 Å². The van der Waals surface area contributed by atoms with Crippen LogP contribution in [-0.4, -0.2) is 14.8 Å². The summed E-state index contributed by atoms with van der Waals surface area (Å²) in [6.45, 7) is 4.30. The minimum Gasteiger partial charge on any atom is -0.250 e. The Kier molecular flexibility index (Phi) is 3.58. The van der Waals surface area contributed by atoms with Gasteiger partial charge < -0.3 is 0 Å². The molecule has 0 saturated carbocycles. The molecule has 1 aromatic carbocycles. The van der Waals surface area contributed by atoms with Gasteiger partial charge in [0, 0.05) is 9.13 Å². The van der Waals surface area contributed by atoms with Gasteiger partial charge in [0.2, 0.25) is 0 Å². The summed E-state index contributed by atoms with van der Waals surface area (Å²) in [7, 11) is 0. The maximum absolute atomic E-state index is 4.49. The maximum atomic E-state index is 4.49. The molecule has 1 heterocycles. The number of hydrogen-bond donors (Lipinski definition) is 0. The number of nitrogens with zero attached hydrogens (tertiary/aromatic N) is 3. The van der Waals surface area contributed by atoms with Crippen molar-refractivity contribution in [2.75, 3.05) is 0 Å². The molecule has 0 aliphatic carbocycles. The lowest BCUT2D eigenvalue weighted by Gasteiger charge is -2.06. The first-order valence-corrected chi connectivity index (χ1v) is 6.45. The Morgan fingerprint density at radius 3 is 2.94 bits per heavy atom. The van der Waals surface area contributed by atoms with E-state index in [2.05, 4.69) is 58.7 Å². The maximum Gasteiger partial charge on any atom is 0.181 e. The van der Waals surface area contributed by atoms with Crippen molar-refractivity contribution in [3.8, 4) is 11.4 Å². The van der Waals surface area contributed by atoms with Crippen molar-refractivity contribution >= 4 is 22.6 Å². The Bertz CT molecular complexity index is 479. The van der Waals surface area contributed by atoms with Gasteiger partial charge in [-0.3, -0.25) is 0 Å². The van der Waals surface area contributed by atoms with E-state index in [9.17, 15) is 0 Å². The second-order valence-corrected chi connectivity index (χ2v) is 5.06. The average molecular weight is 327 g/mol. The first-order chi connectivity index (χ1) is 7.70. The molecule has 0 bridgehead atoms. The predicted molar refractivity (Wildman–Crippen MR) is 73.2 cm³/mol. The lowest BCUT2D eigenvalue weighted by molar-refractivity contribution is 0.477. The highest BCUT2D eigenvalue weighted by Crippen LogP contribution is 2.18. The van der Waals surface area contributed by atoms with E-state index in [1.807, 2.05) is 23.1 Å². The predicted octanol–water partition coefficient (Wildman–Crippen LogP) is 3.52. The summed E-state index contributed by atoms with van der Waals surface area (Å²) in [6.07, 6.45) is 2.87. The molecule has 0 amide bonds. The summed E-state index contributed by atoms with van der Waals surface area (Å²) in [4.78, 5) is 4.35. The zero-order valence-corrected chi connectivity index (χ0v) is 11.5. The van der Waals surface area contributed by atoms with E-state index >= 15 is 0 Å². The van der Waals surface area contributed by atoms with Gasteiger partial charge >= 0.3 is 0 Å². The van der Waals surface area contributed by atoms with Gasteiger partial charge in [0.15, 0.2) is 5.82 Å². The van der Waals surface area contributed by atoms with Gasteiger partial charge in [0.1, 0.15) is 6.33 Å². The van der Waals surface area contributed by atoms with Crippen molar-refractivity contribution in [2.24, 2.45) is 0 Å². The first-order valence-electron chi connectivity index (χ1n) is 5.37. The number of rotatable bonds is 3. The summed E-state index contributed by atoms with van der Waals surface area (Å²) in [5, 5.41) is 4.49. The minimum absolute atomic E-state index is 0.407. The van der Waals surface area contributed by atoms with Crippen LogP contribution in [0, 0.1) is 3.57 Å². The molecule has 0 radical (unpaired) electrons. The van der Waals surface area contributed by atoms with Crippen LogP contribution in [0.5, 0.6) is 0 Å². The summed E-state index contributed by atoms with van der Waals surface area (Å²) in [6, 6.07) is 8.63. The van der Waals surface area contributed by atoms with Crippen molar-refractivity contribution < 1.29 is 0 Å². The molecule has 0 saturated heterocycles. The van der Waals surface area contributed by atoms with Gasteiger partial charge in [-0.25, -0.2) is 9.67 Å². The molecule has 2 rings (SSSR count). The van der Waals surface area contributed by atoms with Crippen LogP contribution in [0.3, 0.4) is 0 Å².